The summed E-state index contributed by atoms with van der Waals surface area (Å²) in [5.74, 6) is 1.65. The Morgan fingerprint density at radius 1 is 1.26 bits per heavy atom. The van der Waals surface area contributed by atoms with Crippen LogP contribution in [-0.2, 0) is 6.42 Å². The molecule has 0 saturated carbocycles. The molecule has 2 heteroatoms. The molecule has 0 radical (unpaired) electrons. The average Bonchev–Trinajstić information content (AvgIpc) is 2.76. The summed E-state index contributed by atoms with van der Waals surface area (Å²) in [7, 11) is 0. The molecule has 1 heterocycles. The molecule has 2 atom stereocenters. The number of rotatable bonds is 6. The maximum Gasteiger partial charge on any atom is 0.123 e. The van der Waals surface area contributed by atoms with Crippen molar-refractivity contribution in [3.63, 3.8) is 0 Å². The number of hydrogen-bond donors (Lipinski definition) is 1. The Labute approximate surface area is 117 Å². The van der Waals surface area contributed by atoms with E-state index in [4.69, 9.17) is 10.5 Å². The lowest BCUT2D eigenvalue weighted by Gasteiger charge is -2.24. The summed E-state index contributed by atoms with van der Waals surface area (Å²) in [6.07, 6.45) is 6.19. The second-order valence-corrected chi connectivity index (χ2v) is 5.86. The van der Waals surface area contributed by atoms with Crippen molar-refractivity contribution >= 4 is 0 Å². The summed E-state index contributed by atoms with van der Waals surface area (Å²) in [5, 5.41) is 0. The van der Waals surface area contributed by atoms with Crippen LogP contribution in [-0.4, -0.2) is 6.10 Å². The Balaban J connectivity index is 2.14. The zero-order chi connectivity index (χ0) is 13.8. The minimum atomic E-state index is 0.168. The molecule has 0 aromatic heterocycles. The Kier molecular flexibility index (Phi) is 4.87. The van der Waals surface area contributed by atoms with Crippen LogP contribution in [0.15, 0.2) is 18.2 Å². The van der Waals surface area contributed by atoms with Crippen molar-refractivity contribution < 1.29 is 4.74 Å². The highest BCUT2D eigenvalue weighted by Crippen LogP contribution is 2.34. The predicted molar refractivity (Wildman–Crippen MR) is 80.5 cm³/mol. The normalized spacial score (nSPS) is 19.3. The first-order valence-corrected chi connectivity index (χ1v) is 7.70. The van der Waals surface area contributed by atoms with Crippen molar-refractivity contribution in [1.29, 1.82) is 0 Å². The van der Waals surface area contributed by atoms with Crippen LogP contribution < -0.4 is 10.5 Å². The predicted octanol–water partition coefficient (Wildman–Crippen LogP) is 4.23. The molecule has 1 aliphatic heterocycles. The van der Waals surface area contributed by atoms with E-state index >= 15 is 0 Å². The highest BCUT2D eigenvalue weighted by molar-refractivity contribution is 5.41. The number of benzene rings is 1. The largest absolute Gasteiger partial charge is 0.490 e. The van der Waals surface area contributed by atoms with E-state index in [1.165, 1.54) is 36.8 Å². The quantitative estimate of drug-likeness (QED) is 0.832. The van der Waals surface area contributed by atoms with Gasteiger partial charge in [0.1, 0.15) is 11.9 Å². The van der Waals surface area contributed by atoms with Crippen LogP contribution in [0.1, 0.15) is 63.6 Å². The van der Waals surface area contributed by atoms with Gasteiger partial charge in [-0.05, 0) is 42.9 Å². The summed E-state index contributed by atoms with van der Waals surface area (Å²) >= 11 is 0. The van der Waals surface area contributed by atoms with E-state index < -0.39 is 0 Å². The first kappa shape index (κ1) is 14.4. The van der Waals surface area contributed by atoms with Gasteiger partial charge in [-0.1, -0.05) is 38.8 Å². The molecular weight excluding hydrogens is 234 g/mol. The molecule has 0 spiro atoms. The van der Waals surface area contributed by atoms with Crippen molar-refractivity contribution in [1.82, 2.24) is 0 Å². The molecule has 19 heavy (non-hydrogen) atoms. The van der Waals surface area contributed by atoms with Crippen molar-refractivity contribution in [2.45, 2.75) is 65.0 Å². The molecule has 2 N–H and O–H groups in total. The van der Waals surface area contributed by atoms with Gasteiger partial charge >= 0.3 is 0 Å². The fraction of sp³-hybridized carbons (Fsp3) is 0.647. The van der Waals surface area contributed by atoms with Gasteiger partial charge in [-0.25, -0.2) is 0 Å². The van der Waals surface area contributed by atoms with Gasteiger partial charge in [0.15, 0.2) is 0 Å². The highest BCUT2D eigenvalue weighted by atomic mass is 16.5. The molecule has 2 nitrogen and oxygen atoms in total. The smallest absolute Gasteiger partial charge is 0.123 e. The van der Waals surface area contributed by atoms with Gasteiger partial charge in [0.2, 0.25) is 0 Å². The molecule has 0 amide bonds. The summed E-state index contributed by atoms with van der Waals surface area (Å²) in [6.45, 7) is 6.61. The van der Waals surface area contributed by atoms with Gasteiger partial charge in [-0.3, -0.25) is 0 Å². The third kappa shape index (κ3) is 3.30. The van der Waals surface area contributed by atoms with E-state index in [-0.39, 0.29) is 6.04 Å². The van der Waals surface area contributed by atoms with Crippen molar-refractivity contribution in [2.75, 3.05) is 0 Å². The highest BCUT2D eigenvalue weighted by Gasteiger charge is 2.23. The lowest BCUT2D eigenvalue weighted by molar-refractivity contribution is 0.254. The first-order valence-electron chi connectivity index (χ1n) is 7.70. The van der Waals surface area contributed by atoms with E-state index in [2.05, 4.69) is 39.0 Å². The minimum absolute atomic E-state index is 0.168. The lowest BCUT2D eigenvalue weighted by Crippen LogP contribution is -2.21. The summed E-state index contributed by atoms with van der Waals surface area (Å²) in [6, 6.07) is 6.69. The monoisotopic (exact) mass is 261 g/mol. The standard InChI is InChI=1S/C17H27NO/c1-4-6-13(7-5-2)17(18)14-8-9-16-15(11-14)10-12(3)19-16/h8-9,11-13,17H,4-7,10,18H2,1-3H3. The van der Waals surface area contributed by atoms with Gasteiger partial charge in [-0.2, -0.15) is 0 Å². The molecule has 0 bridgehead atoms. The zero-order valence-electron chi connectivity index (χ0n) is 12.5. The third-order valence-corrected chi connectivity index (χ3v) is 4.13. The molecule has 0 aliphatic carbocycles. The summed E-state index contributed by atoms with van der Waals surface area (Å²) in [4.78, 5) is 0. The number of fused-ring (bicyclic) bond motifs is 1. The third-order valence-electron chi connectivity index (χ3n) is 4.13. The lowest BCUT2D eigenvalue weighted by atomic mass is 9.86. The molecule has 106 valence electrons. The molecule has 1 aromatic carbocycles. The number of ether oxygens (including phenoxy) is 1. The van der Waals surface area contributed by atoms with Gasteiger partial charge < -0.3 is 10.5 Å². The van der Waals surface area contributed by atoms with Gasteiger partial charge in [0, 0.05) is 12.5 Å². The van der Waals surface area contributed by atoms with E-state index in [0.717, 1.165) is 12.2 Å². The van der Waals surface area contributed by atoms with E-state index in [0.29, 0.717) is 12.0 Å². The maximum atomic E-state index is 6.50. The molecule has 1 aromatic rings. The fourth-order valence-corrected chi connectivity index (χ4v) is 3.17. The Morgan fingerprint density at radius 2 is 1.95 bits per heavy atom. The topological polar surface area (TPSA) is 35.2 Å². The van der Waals surface area contributed by atoms with Crippen LogP contribution in [0.4, 0.5) is 0 Å². The van der Waals surface area contributed by atoms with Crippen molar-refractivity contribution in [3.8, 4) is 5.75 Å². The second-order valence-electron chi connectivity index (χ2n) is 5.86. The Bertz CT molecular complexity index is 410. The van der Waals surface area contributed by atoms with Crippen molar-refractivity contribution in [2.24, 2.45) is 11.7 Å². The van der Waals surface area contributed by atoms with Crippen LogP contribution in [0, 0.1) is 5.92 Å². The van der Waals surface area contributed by atoms with Gasteiger partial charge in [-0.15, -0.1) is 0 Å². The number of nitrogens with two attached hydrogens (primary N) is 1. The summed E-state index contributed by atoms with van der Waals surface area (Å²) in [5.41, 5.74) is 9.11. The van der Waals surface area contributed by atoms with Crippen LogP contribution in [0.5, 0.6) is 5.75 Å². The van der Waals surface area contributed by atoms with Gasteiger partial charge in [0.25, 0.3) is 0 Å². The van der Waals surface area contributed by atoms with Crippen LogP contribution in [0.3, 0.4) is 0 Å². The summed E-state index contributed by atoms with van der Waals surface area (Å²) < 4.78 is 5.76. The fourth-order valence-electron chi connectivity index (χ4n) is 3.17. The van der Waals surface area contributed by atoms with Crippen molar-refractivity contribution in [3.05, 3.63) is 29.3 Å². The first-order chi connectivity index (χ1) is 9.15. The van der Waals surface area contributed by atoms with E-state index in [1.807, 2.05) is 0 Å². The SMILES string of the molecule is CCCC(CCC)C(N)c1ccc2c(c1)CC(C)O2. The molecule has 0 saturated heterocycles. The van der Waals surface area contributed by atoms with Crippen LogP contribution in [0.2, 0.25) is 0 Å². The van der Waals surface area contributed by atoms with Gasteiger partial charge in [0.05, 0.1) is 0 Å². The second kappa shape index (κ2) is 6.42. The zero-order valence-corrected chi connectivity index (χ0v) is 12.5. The maximum absolute atomic E-state index is 6.50. The molecular formula is C17H27NO. The van der Waals surface area contributed by atoms with E-state index in [9.17, 15) is 0 Å². The average molecular weight is 261 g/mol. The Hall–Kier alpha value is -1.02. The molecule has 1 aliphatic rings. The number of hydrogen-bond acceptors (Lipinski definition) is 2. The van der Waals surface area contributed by atoms with Crippen LogP contribution >= 0.6 is 0 Å². The minimum Gasteiger partial charge on any atom is -0.490 e. The van der Waals surface area contributed by atoms with Crippen LogP contribution in [0.25, 0.3) is 0 Å². The van der Waals surface area contributed by atoms with E-state index in [1.54, 1.807) is 0 Å². The molecule has 2 rings (SSSR count). The molecule has 0 fully saturated rings. The molecule has 2 unspecified atom stereocenters. The Morgan fingerprint density at radius 3 is 2.58 bits per heavy atom.